The molecule has 0 saturated carbocycles. The van der Waals surface area contributed by atoms with E-state index in [0.717, 1.165) is 11.1 Å². The Bertz CT molecular complexity index is 1110. The van der Waals surface area contributed by atoms with Crippen LogP contribution in [-0.4, -0.2) is 52.4 Å². The Kier molecular flexibility index (Phi) is 6.46. The van der Waals surface area contributed by atoms with Gasteiger partial charge in [0.1, 0.15) is 0 Å². The molecule has 11 nitrogen and oxygen atoms in total. The van der Waals surface area contributed by atoms with E-state index in [9.17, 15) is 10.1 Å². The maximum atomic E-state index is 10.9. The molecular weight excluding hydrogens is 412 g/mol. The van der Waals surface area contributed by atoms with Crippen LogP contribution in [0.15, 0.2) is 53.6 Å². The Morgan fingerprint density at radius 2 is 1.78 bits per heavy atom. The number of hydrogen-bond donors (Lipinski definition) is 2. The maximum absolute atomic E-state index is 10.9. The maximum Gasteiger partial charge on any atom is 0.269 e. The van der Waals surface area contributed by atoms with Crippen molar-refractivity contribution < 1.29 is 9.66 Å². The standard InChI is InChI=1S/C21H22N8O3/c1-15-4-2-3-5-16(15)14-22-27-20-24-19(23-17-6-8-18(9-7-17)29(30)31)25-21(26-20)28-10-12-32-13-11-28/h2-9,14H,10-13H2,1H3,(H2,23,24,25,26,27)/b22-14-. The van der Waals surface area contributed by atoms with Crippen molar-refractivity contribution in [1.82, 2.24) is 15.0 Å². The molecule has 1 aromatic heterocycles. The first-order valence-electron chi connectivity index (χ1n) is 10.0. The van der Waals surface area contributed by atoms with Crippen molar-refractivity contribution in [3.05, 3.63) is 69.8 Å². The average Bonchev–Trinajstić information content (AvgIpc) is 2.81. The van der Waals surface area contributed by atoms with Crippen LogP contribution in [0, 0.1) is 17.0 Å². The van der Waals surface area contributed by atoms with Crippen molar-refractivity contribution in [3.63, 3.8) is 0 Å². The van der Waals surface area contributed by atoms with Crippen molar-refractivity contribution in [2.45, 2.75) is 6.92 Å². The summed E-state index contributed by atoms with van der Waals surface area (Å²) in [6, 6.07) is 13.9. The lowest BCUT2D eigenvalue weighted by Crippen LogP contribution is -2.37. The van der Waals surface area contributed by atoms with Crippen molar-refractivity contribution in [2.75, 3.05) is 41.9 Å². The van der Waals surface area contributed by atoms with Gasteiger partial charge >= 0.3 is 0 Å². The topological polar surface area (TPSA) is 131 Å². The average molecular weight is 434 g/mol. The molecule has 0 radical (unpaired) electrons. The van der Waals surface area contributed by atoms with E-state index in [0.29, 0.717) is 43.9 Å². The molecule has 0 atom stereocenters. The van der Waals surface area contributed by atoms with Crippen LogP contribution in [0.25, 0.3) is 0 Å². The van der Waals surface area contributed by atoms with Gasteiger partial charge in [-0.2, -0.15) is 20.1 Å². The van der Waals surface area contributed by atoms with Gasteiger partial charge < -0.3 is 15.0 Å². The fourth-order valence-corrected chi connectivity index (χ4v) is 3.06. The number of benzene rings is 2. The number of morpholine rings is 1. The second-order valence-corrected chi connectivity index (χ2v) is 7.04. The summed E-state index contributed by atoms with van der Waals surface area (Å²) >= 11 is 0. The molecule has 2 N–H and O–H groups in total. The van der Waals surface area contributed by atoms with E-state index in [1.54, 1.807) is 18.3 Å². The lowest BCUT2D eigenvalue weighted by atomic mass is 10.1. The van der Waals surface area contributed by atoms with E-state index in [1.807, 2.05) is 36.1 Å². The minimum atomic E-state index is -0.447. The summed E-state index contributed by atoms with van der Waals surface area (Å²) in [6.07, 6.45) is 1.71. The Labute approximate surface area is 184 Å². The Hall–Kier alpha value is -4.12. The number of nitro groups is 1. The van der Waals surface area contributed by atoms with Crippen LogP contribution < -0.4 is 15.6 Å². The number of ether oxygens (including phenoxy) is 1. The lowest BCUT2D eigenvalue weighted by molar-refractivity contribution is -0.384. The van der Waals surface area contributed by atoms with Gasteiger partial charge in [-0.25, -0.2) is 5.43 Å². The number of aryl methyl sites for hydroxylation is 1. The van der Waals surface area contributed by atoms with Crippen LogP contribution in [-0.2, 0) is 4.74 Å². The van der Waals surface area contributed by atoms with E-state index in [1.165, 1.54) is 12.1 Å². The zero-order chi connectivity index (χ0) is 22.3. The number of hydrogen-bond acceptors (Lipinski definition) is 10. The molecule has 0 bridgehead atoms. The summed E-state index contributed by atoms with van der Waals surface area (Å²) in [5.41, 5.74) is 5.57. The number of nitrogens with zero attached hydrogens (tertiary/aromatic N) is 6. The summed E-state index contributed by atoms with van der Waals surface area (Å²) in [5, 5.41) is 18.2. The Morgan fingerprint density at radius 3 is 2.50 bits per heavy atom. The van der Waals surface area contributed by atoms with Gasteiger partial charge in [0, 0.05) is 30.9 Å². The molecule has 0 unspecified atom stereocenters. The summed E-state index contributed by atoms with van der Waals surface area (Å²) in [5.74, 6) is 1.06. The molecule has 1 saturated heterocycles. The first-order chi connectivity index (χ1) is 15.6. The highest BCUT2D eigenvalue weighted by Crippen LogP contribution is 2.21. The highest BCUT2D eigenvalue weighted by molar-refractivity contribution is 5.82. The summed E-state index contributed by atoms with van der Waals surface area (Å²) in [4.78, 5) is 25.8. The molecule has 0 spiro atoms. The number of anilines is 4. The van der Waals surface area contributed by atoms with Gasteiger partial charge in [-0.1, -0.05) is 24.3 Å². The fourth-order valence-electron chi connectivity index (χ4n) is 3.06. The Balaban J connectivity index is 1.57. The number of aromatic nitrogens is 3. The number of nitro benzene ring substituents is 1. The van der Waals surface area contributed by atoms with Gasteiger partial charge in [0.05, 0.1) is 24.4 Å². The molecule has 2 heterocycles. The largest absolute Gasteiger partial charge is 0.378 e. The third-order valence-corrected chi connectivity index (χ3v) is 4.81. The quantitative estimate of drug-likeness (QED) is 0.327. The SMILES string of the molecule is Cc1ccccc1/C=N\Nc1nc(Nc2ccc([N+](=O)[O-])cc2)nc(N2CCOCC2)n1. The molecule has 11 heteroatoms. The van der Waals surface area contributed by atoms with Gasteiger partial charge in [0.25, 0.3) is 5.69 Å². The van der Waals surface area contributed by atoms with Crippen molar-refractivity contribution in [2.24, 2.45) is 5.10 Å². The summed E-state index contributed by atoms with van der Waals surface area (Å²) in [6.45, 7) is 4.50. The van der Waals surface area contributed by atoms with Crippen LogP contribution >= 0.6 is 0 Å². The Morgan fingerprint density at radius 1 is 1.06 bits per heavy atom. The lowest BCUT2D eigenvalue weighted by Gasteiger charge is -2.27. The summed E-state index contributed by atoms with van der Waals surface area (Å²) < 4.78 is 5.41. The zero-order valence-electron chi connectivity index (χ0n) is 17.4. The molecule has 4 rings (SSSR count). The molecule has 1 aliphatic rings. The molecule has 3 aromatic rings. The predicted octanol–water partition coefficient (Wildman–Crippen LogP) is 3.11. The fraction of sp³-hybridized carbons (Fsp3) is 0.238. The zero-order valence-corrected chi connectivity index (χ0v) is 17.4. The van der Waals surface area contributed by atoms with Gasteiger partial charge in [-0.05, 0) is 30.2 Å². The van der Waals surface area contributed by atoms with Gasteiger partial charge in [0.15, 0.2) is 0 Å². The molecule has 1 fully saturated rings. The summed E-state index contributed by atoms with van der Waals surface area (Å²) in [7, 11) is 0. The van der Waals surface area contributed by atoms with E-state index in [2.05, 4.69) is 30.8 Å². The van der Waals surface area contributed by atoms with E-state index >= 15 is 0 Å². The van der Waals surface area contributed by atoms with Crippen LogP contribution in [0.1, 0.15) is 11.1 Å². The minimum Gasteiger partial charge on any atom is -0.378 e. The number of nitrogens with one attached hydrogen (secondary N) is 2. The van der Waals surface area contributed by atoms with Crippen molar-refractivity contribution in [3.8, 4) is 0 Å². The third kappa shape index (κ3) is 5.32. The molecule has 0 amide bonds. The number of rotatable bonds is 7. The highest BCUT2D eigenvalue weighted by Gasteiger charge is 2.17. The molecular formula is C21H22N8O3. The highest BCUT2D eigenvalue weighted by atomic mass is 16.6. The minimum absolute atomic E-state index is 0.00750. The molecule has 0 aliphatic carbocycles. The van der Waals surface area contributed by atoms with Gasteiger partial charge in [-0.3, -0.25) is 10.1 Å². The predicted molar refractivity (Wildman–Crippen MR) is 122 cm³/mol. The molecule has 32 heavy (non-hydrogen) atoms. The number of non-ortho nitro benzene ring substituents is 1. The van der Waals surface area contributed by atoms with Crippen LogP contribution in [0.3, 0.4) is 0 Å². The van der Waals surface area contributed by atoms with E-state index in [4.69, 9.17) is 4.74 Å². The van der Waals surface area contributed by atoms with Crippen LogP contribution in [0.5, 0.6) is 0 Å². The van der Waals surface area contributed by atoms with Gasteiger partial charge in [0.2, 0.25) is 17.8 Å². The van der Waals surface area contributed by atoms with Crippen molar-refractivity contribution >= 4 is 35.4 Å². The molecule has 2 aromatic carbocycles. The van der Waals surface area contributed by atoms with E-state index < -0.39 is 4.92 Å². The normalized spacial score (nSPS) is 13.8. The van der Waals surface area contributed by atoms with Gasteiger partial charge in [-0.15, -0.1) is 0 Å². The van der Waals surface area contributed by atoms with Crippen molar-refractivity contribution in [1.29, 1.82) is 0 Å². The van der Waals surface area contributed by atoms with Crippen LogP contribution in [0.2, 0.25) is 0 Å². The first-order valence-corrected chi connectivity index (χ1v) is 10.0. The second-order valence-electron chi connectivity index (χ2n) is 7.04. The van der Waals surface area contributed by atoms with Crippen LogP contribution in [0.4, 0.5) is 29.2 Å². The second kappa shape index (κ2) is 9.79. The number of hydrazone groups is 1. The molecule has 164 valence electrons. The molecule has 1 aliphatic heterocycles. The smallest absolute Gasteiger partial charge is 0.269 e. The van der Waals surface area contributed by atoms with E-state index in [-0.39, 0.29) is 11.6 Å². The third-order valence-electron chi connectivity index (χ3n) is 4.81. The monoisotopic (exact) mass is 434 g/mol. The first kappa shape index (κ1) is 21.1.